The molecule has 0 bridgehead atoms. The summed E-state index contributed by atoms with van der Waals surface area (Å²) in [5, 5.41) is 0. The van der Waals surface area contributed by atoms with Gasteiger partial charge in [0.25, 0.3) is 0 Å². The molecular weight excluding hydrogens is 160 g/mol. The molecule has 0 aromatic rings. The second-order valence-corrected chi connectivity index (χ2v) is 4.90. The van der Waals surface area contributed by atoms with Crippen LogP contribution >= 0.6 is 0 Å². The molecule has 2 fully saturated rings. The van der Waals surface area contributed by atoms with Crippen LogP contribution in [0.1, 0.15) is 20.3 Å². The molecule has 2 aliphatic heterocycles. The first kappa shape index (κ1) is 9.07. The zero-order chi connectivity index (χ0) is 9.64. The Balaban J connectivity index is 2.00. The second kappa shape index (κ2) is 2.74. The fourth-order valence-electron chi connectivity index (χ4n) is 2.50. The van der Waals surface area contributed by atoms with E-state index in [0.29, 0.717) is 11.5 Å². The van der Waals surface area contributed by atoms with E-state index in [0.717, 1.165) is 0 Å². The molecule has 2 heteroatoms. The molecule has 2 nitrogen and oxygen atoms in total. The summed E-state index contributed by atoms with van der Waals surface area (Å²) < 4.78 is 0. The first-order chi connectivity index (χ1) is 6.05. The van der Waals surface area contributed by atoms with Crippen molar-refractivity contribution in [2.75, 3.05) is 26.7 Å². The van der Waals surface area contributed by atoms with Crippen molar-refractivity contribution in [3.8, 4) is 0 Å². The van der Waals surface area contributed by atoms with Crippen LogP contribution in [-0.2, 0) is 0 Å². The van der Waals surface area contributed by atoms with E-state index in [4.69, 9.17) is 0 Å². The van der Waals surface area contributed by atoms with E-state index in [2.05, 4.69) is 37.3 Å². The summed E-state index contributed by atoms with van der Waals surface area (Å²) in [5.41, 5.74) is 1.82. The fourth-order valence-corrected chi connectivity index (χ4v) is 2.50. The SMILES string of the molecule is C=C1N(C)CCC12CN(C(C)C)C2. The predicted octanol–water partition coefficient (Wildman–Crippen LogP) is 1.55. The molecule has 0 saturated carbocycles. The molecular formula is C11H20N2. The molecule has 13 heavy (non-hydrogen) atoms. The van der Waals surface area contributed by atoms with Gasteiger partial charge in [0.15, 0.2) is 0 Å². The highest BCUT2D eigenvalue weighted by molar-refractivity contribution is 5.21. The average Bonchev–Trinajstić information content (AvgIpc) is 2.26. The van der Waals surface area contributed by atoms with Crippen LogP contribution in [0.15, 0.2) is 12.3 Å². The van der Waals surface area contributed by atoms with Crippen molar-refractivity contribution in [1.82, 2.24) is 9.80 Å². The molecule has 2 saturated heterocycles. The van der Waals surface area contributed by atoms with Crippen LogP contribution in [0.4, 0.5) is 0 Å². The molecule has 1 spiro atoms. The van der Waals surface area contributed by atoms with Crippen molar-refractivity contribution in [2.24, 2.45) is 5.41 Å². The standard InChI is InChI=1S/C11H20N2/c1-9(2)13-7-11(8-13)5-6-12(4)10(11)3/h9H,3,5-8H2,1-2,4H3. The Morgan fingerprint density at radius 2 is 2.00 bits per heavy atom. The minimum Gasteiger partial charge on any atom is -0.378 e. The molecule has 0 aromatic heterocycles. The van der Waals surface area contributed by atoms with Gasteiger partial charge in [-0.05, 0) is 20.3 Å². The molecule has 0 N–H and O–H groups in total. The molecule has 0 atom stereocenters. The Bertz CT molecular complexity index is 226. The van der Waals surface area contributed by atoms with Gasteiger partial charge in [0, 0.05) is 43.8 Å². The highest BCUT2D eigenvalue weighted by Gasteiger charge is 2.49. The molecule has 0 radical (unpaired) electrons. The predicted molar refractivity (Wildman–Crippen MR) is 55.5 cm³/mol. The lowest BCUT2D eigenvalue weighted by atomic mass is 9.76. The zero-order valence-corrected chi connectivity index (χ0v) is 9.01. The van der Waals surface area contributed by atoms with Crippen LogP contribution in [0.5, 0.6) is 0 Å². The Morgan fingerprint density at radius 1 is 1.38 bits per heavy atom. The molecule has 2 aliphatic rings. The van der Waals surface area contributed by atoms with Crippen molar-refractivity contribution < 1.29 is 0 Å². The summed E-state index contributed by atoms with van der Waals surface area (Å²) in [6.07, 6.45) is 1.31. The molecule has 2 heterocycles. The third kappa shape index (κ3) is 1.19. The van der Waals surface area contributed by atoms with Crippen molar-refractivity contribution in [3.63, 3.8) is 0 Å². The Kier molecular flexibility index (Phi) is 1.91. The molecule has 0 unspecified atom stereocenters. The van der Waals surface area contributed by atoms with Crippen molar-refractivity contribution in [1.29, 1.82) is 0 Å². The molecule has 0 aromatic carbocycles. The van der Waals surface area contributed by atoms with Gasteiger partial charge < -0.3 is 4.90 Å². The van der Waals surface area contributed by atoms with Gasteiger partial charge in [-0.2, -0.15) is 0 Å². The Morgan fingerprint density at radius 3 is 2.38 bits per heavy atom. The summed E-state index contributed by atoms with van der Waals surface area (Å²) in [7, 11) is 2.16. The summed E-state index contributed by atoms with van der Waals surface area (Å²) in [5.74, 6) is 0. The average molecular weight is 180 g/mol. The van der Waals surface area contributed by atoms with Crippen molar-refractivity contribution >= 4 is 0 Å². The molecule has 0 amide bonds. The van der Waals surface area contributed by atoms with Crippen LogP contribution in [-0.4, -0.2) is 42.5 Å². The quantitative estimate of drug-likeness (QED) is 0.604. The summed E-state index contributed by atoms with van der Waals surface area (Å²) in [4.78, 5) is 4.85. The first-order valence-electron chi connectivity index (χ1n) is 5.20. The number of likely N-dealkylation sites (tertiary alicyclic amines) is 2. The first-order valence-corrected chi connectivity index (χ1v) is 5.20. The molecule has 74 valence electrons. The van der Waals surface area contributed by atoms with Crippen LogP contribution < -0.4 is 0 Å². The van der Waals surface area contributed by atoms with Gasteiger partial charge in [-0.1, -0.05) is 6.58 Å². The maximum Gasteiger partial charge on any atom is 0.0367 e. The molecule has 2 rings (SSSR count). The van der Waals surface area contributed by atoms with E-state index in [9.17, 15) is 0 Å². The highest BCUT2D eigenvalue weighted by Crippen LogP contribution is 2.46. The Labute approximate surface area is 81.2 Å². The van der Waals surface area contributed by atoms with Gasteiger partial charge in [-0.3, -0.25) is 4.90 Å². The van der Waals surface area contributed by atoms with E-state index in [1.807, 2.05) is 0 Å². The number of hydrogen-bond donors (Lipinski definition) is 0. The fraction of sp³-hybridized carbons (Fsp3) is 0.818. The summed E-state index contributed by atoms with van der Waals surface area (Å²) in [6.45, 7) is 12.4. The van der Waals surface area contributed by atoms with Gasteiger partial charge in [0.1, 0.15) is 0 Å². The van der Waals surface area contributed by atoms with Gasteiger partial charge in [0.05, 0.1) is 0 Å². The van der Waals surface area contributed by atoms with Crippen LogP contribution in [0.25, 0.3) is 0 Å². The number of rotatable bonds is 1. The van der Waals surface area contributed by atoms with E-state index in [-0.39, 0.29) is 0 Å². The lowest BCUT2D eigenvalue weighted by Gasteiger charge is -2.50. The van der Waals surface area contributed by atoms with Gasteiger partial charge >= 0.3 is 0 Å². The van der Waals surface area contributed by atoms with Gasteiger partial charge in [0.2, 0.25) is 0 Å². The van der Waals surface area contributed by atoms with Crippen LogP contribution in [0.3, 0.4) is 0 Å². The van der Waals surface area contributed by atoms with Gasteiger partial charge in [-0.25, -0.2) is 0 Å². The van der Waals surface area contributed by atoms with E-state index in [1.165, 1.54) is 31.8 Å². The van der Waals surface area contributed by atoms with E-state index >= 15 is 0 Å². The van der Waals surface area contributed by atoms with Crippen molar-refractivity contribution in [2.45, 2.75) is 26.3 Å². The summed E-state index contributed by atoms with van der Waals surface area (Å²) >= 11 is 0. The zero-order valence-electron chi connectivity index (χ0n) is 9.01. The minimum absolute atomic E-state index is 0.457. The topological polar surface area (TPSA) is 6.48 Å². The number of nitrogens with zero attached hydrogens (tertiary/aromatic N) is 2. The third-order valence-electron chi connectivity index (χ3n) is 3.74. The largest absolute Gasteiger partial charge is 0.378 e. The maximum absolute atomic E-state index is 4.20. The molecule has 0 aliphatic carbocycles. The van der Waals surface area contributed by atoms with Gasteiger partial charge in [-0.15, -0.1) is 0 Å². The normalized spacial score (nSPS) is 27.4. The maximum atomic E-state index is 4.20. The van der Waals surface area contributed by atoms with E-state index in [1.54, 1.807) is 0 Å². The third-order valence-corrected chi connectivity index (χ3v) is 3.74. The second-order valence-electron chi connectivity index (χ2n) is 4.90. The van der Waals surface area contributed by atoms with Crippen LogP contribution in [0.2, 0.25) is 0 Å². The Hall–Kier alpha value is -0.500. The summed E-state index contributed by atoms with van der Waals surface area (Å²) in [6, 6.07) is 0.698. The number of hydrogen-bond acceptors (Lipinski definition) is 2. The highest BCUT2D eigenvalue weighted by atomic mass is 15.3. The van der Waals surface area contributed by atoms with Crippen LogP contribution in [0, 0.1) is 5.41 Å². The van der Waals surface area contributed by atoms with E-state index < -0.39 is 0 Å². The monoisotopic (exact) mass is 180 g/mol. The smallest absolute Gasteiger partial charge is 0.0367 e. The lowest BCUT2D eigenvalue weighted by Crippen LogP contribution is -2.58. The van der Waals surface area contributed by atoms with Crippen molar-refractivity contribution in [3.05, 3.63) is 12.3 Å². The minimum atomic E-state index is 0.457. The lowest BCUT2D eigenvalue weighted by molar-refractivity contribution is 0.00854.